The SMILES string of the molecule is O=C(NC1CCCCC1)N1CCC(n2cc3ncccc3c2O)CC1. The Morgan fingerprint density at radius 3 is 2.64 bits per heavy atom. The lowest BCUT2D eigenvalue weighted by atomic mass is 9.95. The fourth-order valence-electron chi connectivity index (χ4n) is 4.18. The molecule has 6 nitrogen and oxygen atoms in total. The van der Waals surface area contributed by atoms with Gasteiger partial charge < -0.3 is 19.9 Å². The lowest BCUT2D eigenvalue weighted by molar-refractivity contribution is 0.163. The van der Waals surface area contributed by atoms with Crippen molar-refractivity contribution in [2.45, 2.75) is 57.0 Å². The summed E-state index contributed by atoms with van der Waals surface area (Å²) in [7, 11) is 0. The van der Waals surface area contributed by atoms with E-state index in [0.717, 1.165) is 49.7 Å². The highest BCUT2D eigenvalue weighted by molar-refractivity contribution is 5.84. The van der Waals surface area contributed by atoms with Crippen LogP contribution in [0.4, 0.5) is 4.79 Å². The number of carbonyl (C=O) groups is 1. The Bertz CT molecular complexity index is 743. The Morgan fingerprint density at radius 2 is 1.92 bits per heavy atom. The molecule has 1 aliphatic heterocycles. The van der Waals surface area contributed by atoms with Crippen molar-refractivity contribution in [3.05, 3.63) is 24.5 Å². The van der Waals surface area contributed by atoms with Gasteiger partial charge in [0.1, 0.15) is 0 Å². The normalized spacial score (nSPS) is 20.1. The first-order valence-electron chi connectivity index (χ1n) is 9.42. The molecule has 4 rings (SSSR count). The predicted octanol–water partition coefficient (Wildman–Crippen LogP) is 3.42. The molecule has 134 valence electrons. The van der Waals surface area contributed by atoms with Crippen LogP contribution in [0, 0.1) is 0 Å². The molecule has 2 aromatic rings. The molecule has 0 spiro atoms. The number of likely N-dealkylation sites (tertiary alicyclic amines) is 1. The zero-order valence-corrected chi connectivity index (χ0v) is 14.5. The van der Waals surface area contributed by atoms with E-state index in [1.807, 2.05) is 27.8 Å². The molecule has 3 heterocycles. The molecule has 0 radical (unpaired) electrons. The van der Waals surface area contributed by atoms with Crippen molar-refractivity contribution in [1.82, 2.24) is 19.8 Å². The second-order valence-electron chi connectivity index (χ2n) is 7.30. The number of fused-ring (bicyclic) bond motifs is 1. The van der Waals surface area contributed by atoms with Crippen molar-refractivity contribution in [3.63, 3.8) is 0 Å². The van der Waals surface area contributed by atoms with Crippen molar-refractivity contribution in [3.8, 4) is 5.88 Å². The van der Waals surface area contributed by atoms with Crippen LogP contribution >= 0.6 is 0 Å². The van der Waals surface area contributed by atoms with Crippen molar-refractivity contribution in [2.24, 2.45) is 0 Å². The number of aromatic nitrogens is 2. The number of hydrogen-bond donors (Lipinski definition) is 2. The first-order chi connectivity index (χ1) is 12.2. The topological polar surface area (TPSA) is 70.4 Å². The standard InChI is InChI=1S/C19H26N4O2/c24-18-16-7-4-10-20-17(16)13-23(18)15-8-11-22(12-9-15)19(25)21-14-5-2-1-3-6-14/h4,7,10,13-15,24H,1-3,5-6,8-9,11-12H2,(H,21,25). The third kappa shape index (κ3) is 3.30. The van der Waals surface area contributed by atoms with Crippen molar-refractivity contribution in [2.75, 3.05) is 13.1 Å². The average Bonchev–Trinajstić information content (AvgIpc) is 3.00. The number of pyridine rings is 1. The summed E-state index contributed by atoms with van der Waals surface area (Å²) in [6.07, 6.45) is 11.3. The number of urea groups is 1. The summed E-state index contributed by atoms with van der Waals surface area (Å²) >= 11 is 0. The van der Waals surface area contributed by atoms with E-state index in [1.54, 1.807) is 6.20 Å². The molecule has 1 aliphatic carbocycles. The number of aromatic hydroxyl groups is 1. The number of nitrogens with zero attached hydrogens (tertiary/aromatic N) is 3. The summed E-state index contributed by atoms with van der Waals surface area (Å²) in [6, 6.07) is 4.37. The van der Waals surface area contributed by atoms with Gasteiger partial charge in [0, 0.05) is 37.6 Å². The zero-order valence-electron chi connectivity index (χ0n) is 14.5. The number of rotatable bonds is 2. The second-order valence-corrected chi connectivity index (χ2v) is 7.30. The summed E-state index contributed by atoms with van der Waals surface area (Å²) in [5.74, 6) is 0.285. The molecular formula is C19H26N4O2. The van der Waals surface area contributed by atoms with E-state index in [9.17, 15) is 9.90 Å². The van der Waals surface area contributed by atoms with Gasteiger partial charge in [0.2, 0.25) is 5.88 Å². The Kier molecular flexibility index (Phi) is 4.51. The summed E-state index contributed by atoms with van der Waals surface area (Å²) in [4.78, 5) is 18.7. The highest BCUT2D eigenvalue weighted by Crippen LogP contribution is 2.33. The van der Waals surface area contributed by atoms with Gasteiger partial charge in [0.15, 0.2) is 0 Å². The Balaban J connectivity index is 1.37. The van der Waals surface area contributed by atoms with Gasteiger partial charge in [0.05, 0.1) is 10.9 Å². The van der Waals surface area contributed by atoms with Gasteiger partial charge in [-0.1, -0.05) is 19.3 Å². The van der Waals surface area contributed by atoms with Crippen LogP contribution in [-0.2, 0) is 0 Å². The maximum Gasteiger partial charge on any atom is 0.317 e. The molecule has 2 aromatic heterocycles. The Labute approximate surface area is 147 Å². The quantitative estimate of drug-likeness (QED) is 0.878. The molecule has 0 unspecified atom stereocenters. The maximum atomic E-state index is 12.5. The van der Waals surface area contributed by atoms with E-state index < -0.39 is 0 Å². The van der Waals surface area contributed by atoms with Crippen LogP contribution in [0.15, 0.2) is 24.5 Å². The second kappa shape index (κ2) is 6.94. The lowest BCUT2D eigenvalue weighted by Crippen LogP contribution is -2.48. The maximum absolute atomic E-state index is 12.5. The van der Waals surface area contributed by atoms with Gasteiger partial charge in [-0.05, 0) is 37.8 Å². The van der Waals surface area contributed by atoms with Crippen molar-refractivity contribution < 1.29 is 9.90 Å². The molecule has 0 aromatic carbocycles. The van der Waals surface area contributed by atoms with E-state index in [0.29, 0.717) is 6.04 Å². The highest BCUT2D eigenvalue weighted by atomic mass is 16.3. The fraction of sp³-hybridized carbons (Fsp3) is 0.579. The van der Waals surface area contributed by atoms with Crippen LogP contribution in [-0.4, -0.2) is 44.7 Å². The molecule has 2 amide bonds. The Morgan fingerprint density at radius 1 is 1.16 bits per heavy atom. The largest absolute Gasteiger partial charge is 0.494 e. The van der Waals surface area contributed by atoms with Gasteiger partial charge in [-0.25, -0.2) is 4.79 Å². The summed E-state index contributed by atoms with van der Waals surface area (Å²) in [6.45, 7) is 1.45. The fourth-order valence-corrected chi connectivity index (χ4v) is 4.18. The summed E-state index contributed by atoms with van der Waals surface area (Å²) in [5.41, 5.74) is 0.817. The molecule has 0 bridgehead atoms. The van der Waals surface area contributed by atoms with E-state index in [1.165, 1.54) is 19.3 Å². The summed E-state index contributed by atoms with van der Waals surface area (Å²) < 4.78 is 1.92. The van der Waals surface area contributed by atoms with Crippen LogP contribution in [0.5, 0.6) is 5.88 Å². The molecule has 0 atom stereocenters. The average molecular weight is 342 g/mol. The molecule has 2 aliphatic rings. The van der Waals surface area contributed by atoms with Crippen molar-refractivity contribution in [1.29, 1.82) is 0 Å². The number of nitrogens with one attached hydrogen (secondary N) is 1. The molecule has 6 heteroatoms. The first-order valence-corrected chi connectivity index (χ1v) is 9.42. The van der Waals surface area contributed by atoms with Gasteiger partial charge in [-0.2, -0.15) is 0 Å². The highest BCUT2D eigenvalue weighted by Gasteiger charge is 2.27. The molecule has 2 fully saturated rings. The lowest BCUT2D eigenvalue weighted by Gasteiger charge is -2.34. The number of amides is 2. The minimum absolute atomic E-state index is 0.0777. The monoisotopic (exact) mass is 342 g/mol. The predicted molar refractivity (Wildman–Crippen MR) is 96.6 cm³/mol. The smallest absolute Gasteiger partial charge is 0.317 e. The minimum Gasteiger partial charge on any atom is -0.494 e. The van der Waals surface area contributed by atoms with E-state index >= 15 is 0 Å². The van der Waals surface area contributed by atoms with Crippen LogP contribution in [0.2, 0.25) is 0 Å². The van der Waals surface area contributed by atoms with E-state index in [4.69, 9.17) is 0 Å². The van der Waals surface area contributed by atoms with Gasteiger partial charge >= 0.3 is 6.03 Å². The molecule has 2 N–H and O–H groups in total. The van der Waals surface area contributed by atoms with Gasteiger partial charge in [0.25, 0.3) is 0 Å². The van der Waals surface area contributed by atoms with Gasteiger partial charge in [-0.3, -0.25) is 4.98 Å². The zero-order chi connectivity index (χ0) is 17.2. The van der Waals surface area contributed by atoms with Crippen LogP contribution < -0.4 is 5.32 Å². The van der Waals surface area contributed by atoms with E-state index in [2.05, 4.69) is 10.3 Å². The minimum atomic E-state index is 0.0777. The third-order valence-corrected chi connectivity index (χ3v) is 5.66. The molecule has 25 heavy (non-hydrogen) atoms. The number of piperidine rings is 1. The molecular weight excluding hydrogens is 316 g/mol. The first kappa shape index (κ1) is 16.2. The van der Waals surface area contributed by atoms with Gasteiger partial charge in [-0.15, -0.1) is 0 Å². The number of carbonyl (C=O) groups excluding carboxylic acids is 1. The van der Waals surface area contributed by atoms with Crippen LogP contribution in [0.1, 0.15) is 51.0 Å². The third-order valence-electron chi connectivity index (χ3n) is 5.66. The number of hydrogen-bond acceptors (Lipinski definition) is 3. The van der Waals surface area contributed by atoms with Crippen LogP contribution in [0.25, 0.3) is 10.9 Å². The van der Waals surface area contributed by atoms with Crippen molar-refractivity contribution >= 4 is 16.9 Å². The van der Waals surface area contributed by atoms with Crippen LogP contribution in [0.3, 0.4) is 0 Å². The summed E-state index contributed by atoms with van der Waals surface area (Å²) in [5, 5.41) is 14.5. The van der Waals surface area contributed by atoms with E-state index in [-0.39, 0.29) is 18.0 Å². The Hall–Kier alpha value is -2.24. The molecule has 1 saturated heterocycles. The molecule has 1 saturated carbocycles.